The van der Waals surface area contributed by atoms with Gasteiger partial charge in [0, 0.05) is 28.6 Å². The highest BCUT2D eigenvalue weighted by Crippen LogP contribution is 2.19. The van der Waals surface area contributed by atoms with Gasteiger partial charge in [0.25, 0.3) is 0 Å². The van der Waals surface area contributed by atoms with Gasteiger partial charge in [-0.1, -0.05) is 0 Å². The third-order valence-corrected chi connectivity index (χ3v) is 3.63. The molecule has 1 aromatic rings. The van der Waals surface area contributed by atoms with Crippen molar-refractivity contribution in [3.05, 3.63) is 16.0 Å². The molecule has 0 amide bonds. The highest BCUT2D eigenvalue weighted by Gasteiger charge is 2.18. The van der Waals surface area contributed by atoms with Gasteiger partial charge in [0.1, 0.15) is 0 Å². The molecule has 1 aliphatic rings. The van der Waals surface area contributed by atoms with E-state index in [0.29, 0.717) is 24.7 Å². The Balaban J connectivity index is 1.60. The smallest absolute Gasteiger partial charge is 0.222 e. The van der Waals surface area contributed by atoms with Crippen molar-refractivity contribution in [1.82, 2.24) is 9.97 Å². The summed E-state index contributed by atoms with van der Waals surface area (Å²) in [7, 11) is 0. The zero-order valence-electron chi connectivity index (χ0n) is 10.3. The van der Waals surface area contributed by atoms with Crippen LogP contribution in [-0.4, -0.2) is 35.3 Å². The SMILES string of the molecule is NC1CCC(OCCNc2ncc(I)cn2)CC1. The van der Waals surface area contributed by atoms with Gasteiger partial charge in [0.2, 0.25) is 5.95 Å². The zero-order chi connectivity index (χ0) is 12.8. The zero-order valence-corrected chi connectivity index (χ0v) is 12.5. The lowest BCUT2D eigenvalue weighted by Gasteiger charge is -2.26. The minimum absolute atomic E-state index is 0.378. The lowest BCUT2D eigenvalue weighted by Crippen LogP contribution is -2.31. The molecule has 2 rings (SSSR count). The van der Waals surface area contributed by atoms with E-state index >= 15 is 0 Å². The Bertz CT molecular complexity index is 352. The topological polar surface area (TPSA) is 73.1 Å². The molecule has 0 bridgehead atoms. The Hall–Kier alpha value is -0.470. The average molecular weight is 362 g/mol. The molecule has 0 atom stereocenters. The van der Waals surface area contributed by atoms with Crippen molar-refractivity contribution >= 4 is 28.5 Å². The van der Waals surface area contributed by atoms with Crippen molar-refractivity contribution in [2.45, 2.75) is 37.8 Å². The van der Waals surface area contributed by atoms with E-state index in [4.69, 9.17) is 10.5 Å². The van der Waals surface area contributed by atoms with Crippen LogP contribution < -0.4 is 11.1 Å². The predicted molar refractivity (Wildman–Crippen MR) is 79.4 cm³/mol. The molecule has 0 spiro atoms. The van der Waals surface area contributed by atoms with Crippen LogP contribution >= 0.6 is 22.6 Å². The van der Waals surface area contributed by atoms with E-state index in [2.05, 4.69) is 37.9 Å². The molecule has 5 nitrogen and oxygen atoms in total. The molecule has 100 valence electrons. The summed E-state index contributed by atoms with van der Waals surface area (Å²) < 4.78 is 6.84. The molecule has 1 heterocycles. The van der Waals surface area contributed by atoms with E-state index in [9.17, 15) is 0 Å². The quantitative estimate of drug-likeness (QED) is 0.617. The van der Waals surface area contributed by atoms with Crippen LogP contribution in [0.1, 0.15) is 25.7 Å². The lowest BCUT2D eigenvalue weighted by molar-refractivity contribution is 0.0312. The van der Waals surface area contributed by atoms with Crippen LogP contribution in [0.4, 0.5) is 5.95 Å². The van der Waals surface area contributed by atoms with Crippen LogP contribution in [-0.2, 0) is 4.74 Å². The summed E-state index contributed by atoms with van der Waals surface area (Å²) in [5.74, 6) is 0.657. The highest BCUT2D eigenvalue weighted by atomic mass is 127. The average Bonchev–Trinajstić information content (AvgIpc) is 2.39. The van der Waals surface area contributed by atoms with E-state index in [1.54, 1.807) is 12.4 Å². The van der Waals surface area contributed by atoms with Crippen LogP contribution in [0.5, 0.6) is 0 Å². The van der Waals surface area contributed by atoms with Gasteiger partial charge in [0.05, 0.1) is 12.7 Å². The third kappa shape index (κ3) is 4.66. The van der Waals surface area contributed by atoms with Crippen molar-refractivity contribution in [2.75, 3.05) is 18.5 Å². The minimum Gasteiger partial charge on any atom is -0.376 e. The Kier molecular flexibility index (Phi) is 5.58. The number of hydrogen-bond acceptors (Lipinski definition) is 5. The maximum Gasteiger partial charge on any atom is 0.222 e. The molecular weight excluding hydrogens is 343 g/mol. The monoisotopic (exact) mass is 362 g/mol. The second-order valence-corrected chi connectivity index (χ2v) is 5.80. The standard InChI is InChI=1S/C12H19IN4O/c13-9-7-16-12(17-8-9)15-5-6-18-11-3-1-10(14)2-4-11/h7-8,10-11H,1-6,14H2,(H,15,16,17). The maximum absolute atomic E-state index is 5.85. The van der Waals surface area contributed by atoms with Gasteiger partial charge < -0.3 is 15.8 Å². The molecular formula is C12H19IN4O. The fourth-order valence-electron chi connectivity index (χ4n) is 2.05. The van der Waals surface area contributed by atoms with Gasteiger partial charge in [-0.05, 0) is 48.3 Å². The van der Waals surface area contributed by atoms with Gasteiger partial charge in [0.15, 0.2) is 0 Å². The van der Waals surface area contributed by atoms with Crippen molar-refractivity contribution in [3.8, 4) is 0 Å². The molecule has 6 heteroatoms. The molecule has 18 heavy (non-hydrogen) atoms. The molecule has 0 radical (unpaired) electrons. The Morgan fingerprint density at radius 1 is 1.28 bits per heavy atom. The van der Waals surface area contributed by atoms with E-state index in [1.165, 1.54) is 0 Å². The lowest BCUT2D eigenvalue weighted by atomic mass is 9.94. The molecule has 0 aliphatic heterocycles. The number of halogens is 1. The molecule has 1 fully saturated rings. The number of hydrogen-bond donors (Lipinski definition) is 2. The first-order valence-electron chi connectivity index (χ1n) is 6.32. The van der Waals surface area contributed by atoms with Crippen molar-refractivity contribution in [3.63, 3.8) is 0 Å². The first kappa shape index (κ1) is 14.0. The van der Waals surface area contributed by atoms with Crippen LogP contribution in [0.2, 0.25) is 0 Å². The summed E-state index contributed by atoms with van der Waals surface area (Å²) in [5, 5.41) is 3.14. The van der Waals surface area contributed by atoms with Crippen molar-refractivity contribution in [2.24, 2.45) is 5.73 Å². The third-order valence-electron chi connectivity index (χ3n) is 3.08. The number of nitrogens with zero attached hydrogens (tertiary/aromatic N) is 2. The Morgan fingerprint density at radius 3 is 2.61 bits per heavy atom. The van der Waals surface area contributed by atoms with E-state index in [0.717, 1.165) is 35.8 Å². The molecule has 0 aromatic carbocycles. The summed E-state index contributed by atoms with van der Waals surface area (Å²) in [4.78, 5) is 8.34. The van der Waals surface area contributed by atoms with Crippen LogP contribution in [0, 0.1) is 3.57 Å². The molecule has 0 saturated heterocycles. The van der Waals surface area contributed by atoms with Gasteiger partial charge in [-0.3, -0.25) is 0 Å². The van der Waals surface area contributed by atoms with Crippen LogP contribution in [0.15, 0.2) is 12.4 Å². The number of rotatable bonds is 5. The molecule has 1 saturated carbocycles. The summed E-state index contributed by atoms with van der Waals surface area (Å²) in [6.45, 7) is 1.43. The Labute approximate surface area is 121 Å². The minimum atomic E-state index is 0.378. The largest absolute Gasteiger partial charge is 0.376 e. The maximum atomic E-state index is 5.85. The Morgan fingerprint density at radius 2 is 1.94 bits per heavy atom. The second-order valence-electron chi connectivity index (χ2n) is 4.56. The molecule has 3 N–H and O–H groups in total. The van der Waals surface area contributed by atoms with Crippen LogP contribution in [0.3, 0.4) is 0 Å². The summed E-state index contributed by atoms with van der Waals surface area (Å²) in [6.07, 6.45) is 8.29. The summed E-state index contributed by atoms with van der Waals surface area (Å²) in [6, 6.07) is 0.378. The second kappa shape index (κ2) is 7.20. The molecule has 0 unspecified atom stereocenters. The van der Waals surface area contributed by atoms with E-state index in [-0.39, 0.29) is 0 Å². The first-order valence-corrected chi connectivity index (χ1v) is 7.40. The molecule has 1 aromatic heterocycles. The van der Waals surface area contributed by atoms with E-state index < -0.39 is 0 Å². The first-order chi connectivity index (χ1) is 8.74. The predicted octanol–water partition coefficient (Wildman–Crippen LogP) is 1.78. The number of nitrogens with one attached hydrogen (secondary N) is 1. The van der Waals surface area contributed by atoms with Crippen LogP contribution in [0.25, 0.3) is 0 Å². The fraction of sp³-hybridized carbons (Fsp3) is 0.667. The van der Waals surface area contributed by atoms with E-state index in [1.807, 2.05) is 0 Å². The van der Waals surface area contributed by atoms with Gasteiger partial charge in [-0.15, -0.1) is 0 Å². The highest BCUT2D eigenvalue weighted by molar-refractivity contribution is 14.1. The summed E-state index contributed by atoms with van der Waals surface area (Å²) >= 11 is 2.18. The normalized spacial score (nSPS) is 23.9. The number of aromatic nitrogens is 2. The van der Waals surface area contributed by atoms with Gasteiger partial charge in [-0.25, -0.2) is 9.97 Å². The number of ether oxygens (including phenoxy) is 1. The van der Waals surface area contributed by atoms with Crippen molar-refractivity contribution < 1.29 is 4.74 Å². The number of anilines is 1. The number of nitrogens with two attached hydrogens (primary N) is 1. The molecule has 1 aliphatic carbocycles. The summed E-state index contributed by atoms with van der Waals surface area (Å²) in [5.41, 5.74) is 5.85. The fourth-order valence-corrected chi connectivity index (χ4v) is 2.33. The van der Waals surface area contributed by atoms with Gasteiger partial charge in [-0.2, -0.15) is 0 Å². The van der Waals surface area contributed by atoms with Crippen molar-refractivity contribution in [1.29, 1.82) is 0 Å². The van der Waals surface area contributed by atoms with Gasteiger partial charge >= 0.3 is 0 Å².